The first-order chi connectivity index (χ1) is 5.66. The fourth-order valence-electron chi connectivity index (χ4n) is 0.775. The molecule has 0 saturated carbocycles. The van der Waals surface area contributed by atoms with Crippen molar-refractivity contribution in [2.75, 3.05) is 6.61 Å². The molecule has 1 rings (SSSR count). The topological polar surface area (TPSA) is 9.23 Å². The summed E-state index contributed by atoms with van der Waals surface area (Å²) in [4.78, 5) is 0. The summed E-state index contributed by atoms with van der Waals surface area (Å²) in [6.45, 7) is 2.23. The van der Waals surface area contributed by atoms with Crippen molar-refractivity contribution in [3.05, 3.63) is 27.4 Å². The van der Waals surface area contributed by atoms with Crippen molar-refractivity contribution in [3.63, 3.8) is 0 Å². The molecule has 4 heteroatoms. The van der Waals surface area contributed by atoms with Crippen molar-refractivity contribution in [3.8, 4) is 5.75 Å². The van der Waals surface area contributed by atoms with E-state index < -0.39 is 5.82 Å². The molecule has 0 saturated heterocycles. The molecule has 0 aliphatic rings. The van der Waals surface area contributed by atoms with E-state index in [1.165, 1.54) is 6.07 Å². The average Bonchev–Trinajstić information content (AvgIpc) is 2.07. The number of halogens is 3. The molecule has 0 aliphatic carbocycles. The Balaban J connectivity index is 3.08. The summed E-state index contributed by atoms with van der Waals surface area (Å²) < 4.78 is 18.4. The monoisotopic (exact) mass is 252 g/mol. The van der Waals surface area contributed by atoms with E-state index in [1.807, 2.05) is 0 Å². The summed E-state index contributed by atoms with van der Waals surface area (Å²) in [6.07, 6.45) is 0. The van der Waals surface area contributed by atoms with Crippen molar-refractivity contribution in [2.45, 2.75) is 6.92 Å². The highest BCUT2D eigenvalue weighted by molar-refractivity contribution is 9.10. The van der Waals surface area contributed by atoms with Crippen LogP contribution in [0.4, 0.5) is 4.39 Å². The first kappa shape index (κ1) is 9.81. The maximum atomic E-state index is 13.2. The predicted molar refractivity (Wildman–Crippen MR) is 50.3 cm³/mol. The highest BCUT2D eigenvalue weighted by Crippen LogP contribution is 2.31. The molecule has 0 radical (unpaired) electrons. The maximum absolute atomic E-state index is 13.2. The minimum atomic E-state index is -0.454. The second-order valence-corrected chi connectivity index (χ2v) is 3.31. The second kappa shape index (κ2) is 4.10. The Morgan fingerprint density at radius 2 is 2.25 bits per heavy atom. The molecule has 0 amide bonds. The van der Waals surface area contributed by atoms with E-state index in [-0.39, 0.29) is 10.2 Å². The second-order valence-electron chi connectivity index (χ2n) is 2.11. The fraction of sp³-hybridized carbons (Fsp3) is 0.250. The van der Waals surface area contributed by atoms with Gasteiger partial charge in [0.1, 0.15) is 0 Å². The Kier molecular flexibility index (Phi) is 3.35. The lowest BCUT2D eigenvalue weighted by Gasteiger charge is -2.05. The zero-order valence-corrected chi connectivity index (χ0v) is 8.75. The zero-order valence-electron chi connectivity index (χ0n) is 6.40. The van der Waals surface area contributed by atoms with Crippen LogP contribution < -0.4 is 4.74 Å². The predicted octanol–water partition coefficient (Wildman–Crippen LogP) is 3.64. The summed E-state index contributed by atoms with van der Waals surface area (Å²) in [7, 11) is 0. The van der Waals surface area contributed by atoms with E-state index in [1.54, 1.807) is 13.0 Å². The third kappa shape index (κ3) is 1.90. The van der Waals surface area contributed by atoms with Gasteiger partial charge in [0.05, 0.1) is 16.1 Å². The average molecular weight is 253 g/mol. The molecule has 0 bridgehead atoms. The number of benzene rings is 1. The molecule has 0 unspecified atom stereocenters. The van der Waals surface area contributed by atoms with E-state index >= 15 is 0 Å². The summed E-state index contributed by atoms with van der Waals surface area (Å²) in [5, 5.41) is 0.343. The van der Waals surface area contributed by atoms with Crippen molar-refractivity contribution in [1.82, 2.24) is 0 Å². The van der Waals surface area contributed by atoms with Crippen LogP contribution in [0.1, 0.15) is 6.92 Å². The van der Waals surface area contributed by atoms with Gasteiger partial charge in [0.15, 0.2) is 11.6 Å². The van der Waals surface area contributed by atoms with Crippen LogP contribution in [0.25, 0.3) is 0 Å². The van der Waals surface area contributed by atoms with Crippen LogP contribution in [0.2, 0.25) is 5.02 Å². The van der Waals surface area contributed by atoms with Crippen LogP contribution in [0.5, 0.6) is 5.75 Å². The third-order valence-electron chi connectivity index (χ3n) is 1.30. The Morgan fingerprint density at radius 1 is 1.58 bits per heavy atom. The van der Waals surface area contributed by atoms with Gasteiger partial charge in [-0.05, 0) is 35.0 Å². The Morgan fingerprint density at radius 3 is 2.83 bits per heavy atom. The molecule has 1 nitrogen and oxygen atoms in total. The first-order valence-electron chi connectivity index (χ1n) is 3.43. The van der Waals surface area contributed by atoms with Gasteiger partial charge in [0, 0.05) is 0 Å². The van der Waals surface area contributed by atoms with Crippen LogP contribution in [-0.2, 0) is 0 Å². The normalized spacial score (nSPS) is 10.0. The molecule has 0 spiro atoms. The highest BCUT2D eigenvalue weighted by atomic mass is 79.9. The van der Waals surface area contributed by atoms with Crippen LogP contribution in [0.15, 0.2) is 16.6 Å². The lowest BCUT2D eigenvalue weighted by atomic mass is 10.3. The van der Waals surface area contributed by atoms with Crippen LogP contribution in [0, 0.1) is 5.82 Å². The molecule has 0 N–H and O–H groups in total. The Labute approximate surface area is 83.6 Å². The van der Waals surface area contributed by atoms with E-state index in [0.717, 1.165) is 0 Å². The molecular formula is C8H7BrClFO. The molecule has 1 aromatic rings. The molecule has 0 heterocycles. The zero-order chi connectivity index (χ0) is 9.14. The molecule has 0 fully saturated rings. The summed E-state index contributed by atoms with van der Waals surface area (Å²) >= 11 is 8.66. The fourth-order valence-corrected chi connectivity index (χ4v) is 1.25. The smallest absolute Gasteiger partial charge is 0.180 e. The minimum Gasteiger partial charge on any atom is -0.491 e. The SMILES string of the molecule is CCOc1ccc(Cl)c(Br)c1F. The van der Waals surface area contributed by atoms with Crippen molar-refractivity contribution < 1.29 is 9.13 Å². The van der Waals surface area contributed by atoms with Gasteiger partial charge in [-0.15, -0.1) is 0 Å². The molecule has 1 aromatic carbocycles. The number of hydrogen-bond donors (Lipinski definition) is 0. The molecule has 0 aromatic heterocycles. The number of rotatable bonds is 2. The van der Waals surface area contributed by atoms with Gasteiger partial charge in [-0.25, -0.2) is 4.39 Å². The highest BCUT2D eigenvalue weighted by Gasteiger charge is 2.09. The van der Waals surface area contributed by atoms with E-state index in [4.69, 9.17) is 16.3 Å². The van der Waals surface area contributed by atoms with Crippen molar-refractivity contribution in [2.24, 2.45) is 0 Å². The van der Waals surface area contributed by atoms with Gasteiger partial charge in [0.2, 0.25) is 0 Å². The maximum Gasteiger partial charge on any atom is 0.180 e. The molecule has 0 aliphatic heterocycles. The lowest BCUT2D eigenvalue weighted by molar-refractivity contribution is 0.321. The van der Waals surface area contributed by atoms with Crippen LogP contribution >= 0.6 is 27.5 Å². The van der Waals surface area contributed by atoms with E-state index in [2.05, 4.69) is 15.9 Å². The van der Waals surface area contributed by atoms with Crippen LogP contribution in [0.3, 0.4) is 0 Å². The Bertz CT molecular complexity index is 291. The Hall–Kier alpha value is -0.280. The molecule has 66 valence electrons. The standard InChI is InChI=1S/C8H7BrClFO/c1-2-12-6-4-3-5(10)7(9)8(6)11/h3-4H,2H2,1H3. The quantitative estimate of drug-likeness (QED) is 0.731. The third-order valence-corrected chi connectivity index (χ3v) is 2.62. The molecule has 0 atom stereocenters. The van der Waals surface area contributed by atoms with Gasteiger partial charge in [0.25, 0.3) is 0 Å². The van der Waals surface area contributed by atoms with Crippen molar-refractivity contribution >= 4 is 27.5 Å². The van der Waals surface area contributed by atoms with E-state index in [9.17, 15) is 4.39 Å². The molecular weight excluding hydrogens is 246 g/mol. The van der Waals surface area contributed by atoms with Gasteiger partial charge in [-0.1, -0.05) is 11.6 Å². The largest absolute Gasteiger partial charge is 0.491 e. The van der Waals surface area contributed by atoms with Crippen molar-refractivity contribution in [1.29, 1.82) is 0 Å². The lowest BCUT2D eigenvalue weighted by Crippen LogP contribution is -1.95. The van der Waals surface area contributed by atoms with Gasteiger partial charge < -0.3 is 4.74 Å². The van der Waals surface area contributed by atoms with Crippen LogP contribution in [-0.4, -0.2) is 6.61 Å². The first-order valence-corrected chi connectivity index (χ1v) is 4.60. The summed E-state index contributed by atoms with van der Waals surface area (Å²) in [6, 6.07) is 3.09. The summed E-state index contributed by atoms with van der Waals surface area (Å²) in [5.74, 6) is -0.238. The number of ether oxygens (including phenoxy) is 1. The summed E-state index contributed by atoms with van der Waals surface area (Å²) in [5.41, 5.74) is 0. The molecule has 12 heavy (non-hydrogen) atoms. The van der Waals surface area contributed by atoms with E-state index in [0.29, 0.717) is 11.6 Å². The number of hydrogen-bond acceptors (Lipinski definition) is 1. The van der Waals surface area contributed by atoms with Gasteiger partial charge >= 0.3 is 0 Å². The van der Waals surface area contributed by atoms with Gasteiger partial charge in [-0.2, -0.15) is 0 Å². The van der Waals surface area contributed by atoms with Gasteiger partial charge in [-0.3, -0.25) is 0 Å². The minimum absolute atomic E-state index is 0.216.